The number of nitrogens with zero attached hydrogens (tertiary/aromatic N) is 1. The van der Waals surface area contributed by atoms with Crippen LogP contribution in [0.3, 0.4) is 0 Å². The summed E-state index contributed by atoms with van der Waals surface area (Å²) in [6.45, 7) is 2.40. The van der Waals surface area contributed by atoms with Crippen LogP contribution < -0.4 is 10.1 Å². The van der Waals surface area contributed by atoms with Crippen molar-refractivity contribution in [2.75, 3.05) is 11.9 Å². The minimum Gasteiger partial charge on any atom is -0.478 e. The molecule has 3 nitrogen and oxygen atoms in total. The molecule has 0 amide bonds. The topological polar surface area (TPSA) is 45.0 Å². The lowest BCUT2D eigenvalue weighted by molar-refractivity contribution is 0.364. The Kier molecular flexibility index (Phi) is 5.18. The van der Waals surface area contributed by atoms with E-state index in [1.54, 1.807) is 6.07 Å². The number of hydrogen-bond donors (Lipinski definition) is 1. The summed E-state index contributed by atoms with van der Waals surface area (Å²) in [5, 5.41) is 11.8. The molecule has 0 bridgehead atoms. The second-order valence-corrected chi connectivity index (χ2v) is 5.34. The van der Waals surface area contributed by atoms with E-state index >= 15 is 0 Å². The zero-order valence-electron chi connectivity index (χ0n) is 11.5. The first-order valence-electron chi connectivity index (χ1n) is 6.39. The van der Waals surface area contributed by atoms with Crippen LogP contribution in [0.2, 0.25) is 0 Å². The fourth-order valence-corrected chi connectivity index (χ4v) is 2.39. The molecule has 1 N–H and O–H groups in total. The van der Waals surface area contributed by atoms with Crippen molar-refractivity contribution in [2.24, 2.45) is 0 Å². The predicted octanol–water partition coefficient (Wildman–Crippen LogP) is 4.41. The molecule has 0 aliphatic heterocycles. The number of rotatable bonds is 5. The maximum atomic E-state index is 13.6. The van der Waals surface area contributed by atoms with Gasteiger partial charge in [-0.15, -0.1) is 0 Å². The highest BCUT2D eigenvalue weighted by Gasteiger charge is 2.07. The molecule has 0 heterocycles. The van der Waals surface area contributed by atoms with Gasteiger partial charge >= 0.3 is 0 Å². The largest absolute Gasteiger partial charge is 0.478 e. The number of halogens is 2. The van der Waals surface area contributed by atoms with E-state index in [1.165, 1.54) is 6.07 Å². The number of anilines is 1. The highest BCUT2D eigenvalue weighted by molar-refractivity contribution is 9.10. The molecule has 0 fully saturated rings. The van der Waals surface area contributed by atoms with E-state index < -0.39 is 0 Å². The number of para-hydroxylation sites is 1. The summed E-state index contributed by atoms with van der Waals surface area (Å²) >= 11 is 3.16. The smallest absolute Gasteiger partial charge is 0.174 e. The third kappa shape index (κ3) is 3.96. The van der Waals surface area contributed by atoms with Gasteiger partial charge < -0.3 is 10.1 Å². The molecule has 0 saturated heterocycles. The summed E-state index contributed by atoms with van der Waals surface area (Å²) in [4.78, 5) is 0. The van der Waals surface area contributed by atoms with Crippen molar-refractivity contribution in [1.29, 1.82) is 5.26 Å². The molecule has 0 unspecified atom stereocenters. The SMILES string of the molecule is Cc1cc(Br)c(F)cc1NCc1ccccc1OCC#N. The second-order valence-electron chi connectivity index (χ2n) is 4.49. The zero-order chi connectivity index (χ0) is 15.2. The average Bonchev–Trinajstić information content (AvgIpc) is 2.48. The van der Waals surface area contributed by atoms with E-state index in [9.17, 15) is 4.39 Å². The number of nitriles is 1. The van der Waals surface area contributed by atoms with Gasteiger partial charge in [0.2, 0.25) is 0 Å². The maximum absolute atomic E-state index is 13.6. The van der Waals surface area contributed by atoms with E-state index in [-0.39, 0.29) is 12.4 Å². The number of benzene rings is 2. The third-order valence-electron chi connectivity index (χ3n) is 3.00. The zero-order valence-corrected chi connectivity index (χ0v) is 13.1. The first-order valence-corrected chi connectivity index (χ1v) is 7.18. The van der Waals surface area contributed by atoms with Crippen molar-refractivity contribution >= 4 is 21.6 Å². The molecule has 2 aromatic rings. The van der Waals surface area contributed by atoms with Gasteiger partial charge in [0.25, 0.3) is 0 Å². The maximum Gasteiger partial charge on any atom is 0.174 e. The monoisotopic (exact) mass is 348 g/mol. The molecule has 0 aromatic heterocycles. The van der Waals surface area contributed by atoms with E-state index in [1.807, 2.05) is 37.3 Å². The molecule has 0 aliphatic carbocycles. The van der Waals surface area contributed by atoms with Crippen molar-refractivity contribution in [3.8, 4) is 11.8 Å². The summed E-state index contributed by atoms with van der Waals surface area (Å²) in [6, 6.07) is 12.6. The first-order chi connectivity index (χ1) is 10.1. The Morgan fingerprint density at radius 1 is 1.33 bits per heavy atom. The van der Waals surface area contributed by atoms with E-state index in [0.717, 1.165) is 16.8 Å². The minimum absolute atomic E-state index is 0.00293. The molecule has 5 heteroatoms. The highest BCUT2D eigenvalue weighted by Crippen LogP contribution is 2.25. The Hall–Kier alpha value is -2.06. The van der Waals surface area contributed by atoms with Crippen LogP contribution in [0.5, 0.6) is 5.75 Å². The van der Waals surface area contributed by atoms with Gasteiger partial charge in [0.05, 0.1) is 4.47 Å². The predicted molar refractivity (Wildman–Crippen MR) is 83.7 cm³/mol. The number of nitrogens with one attached hydrogen (secondary N) is 1. The van der Waals surface area contributed by atoms with Crippen LogP contribution in [-0.4, -0.2) is 6.61 Å². The van der Waals surface area contributed by atoms with Gasteiger partial charge in [-0.2, -0.15) is 5.26 Å². The third-order valence-corrected chi connectivity index (χ3v) is 3.61. The lowest BCUT2D eigenvalue weighted by Gasteiger charge is -2.13. The van der Waals surface area contributed by atoms with Crippen LogP contribution in [0, 0.1) is 24.1 Å². The van der Waals surface area contributed by atoms with Crippen molar-refractivity contribution in [3.05, 3.63) is 57.8 Å². The Morgan fingerprint density at radius 3 is 2.86 bits per heavy atom. The Morgan fingerprint density at radius 2 is 2.10 bits per heavy atom. The molecule has 0 saturated carbocycles. The fraction of sp³-hybridized carbons (Fsp3) is 0.188. The van der Waals surface area contributed by atoms with Gasteiger partial charge in [0, 0.05) is 17.8 Å². The number of aryl methyl sites for hydroxylation is 1. The Balaban J connectivity index is 2.13. The standard InChI is InChI=1S/C16H14BrFN2O/c1-11-8-13(17)14(18)9-15(11)20-10-12-4-2-3-5-16(12)21-7-6-19/h2-5,8-9,20H,7,10H2,1H3. The van der Waals surface area contributed by atoms with Crippen LogP contribution in [0.1, 0.15) is 11.1 Å². The van der Waals surface area contributed by atoms with Gasteiger partial charge in [-0.1, -0.05) is 18.2 Å². The van der Waals surface area contributed by atoms with Gasteiger partial charge in [-0.25, -0.2) is 4.39 Å². The van der Waals surface area contributed by atoms with E-state index in [2.05, 4.69) is 21.2 Å². The molecule has 0 aliphatic rings. The van der Waals surface area contributed by atoms with Crippen LogP contribution in [-0.2, 0) is 6.54 Å². The van der Waals surface area contributed by atoms with Crippen LogP contribution in [0.4, 0.5) is 10.1 Å². The van der Waals surface area contributed by atoms with Crippen molar-refractivity contribution in [1.82, 2.24) is 0 Å². The highest BCUT2D eigenvalue weighted by atomic mass is 79.9. The molecule has 108 valence electrons. The molecule has 0 radical (unpaired) electrons. The molecule has 21 heavy (non-hydrogen) atoms. The van der Waals surface area contributed by atoms with Crippen LogP contribution in [0.15, 0.2) is 40.9 Å². The Labute approximate surface area is 131 Å². The summed E-state index contributed by atoms with van der Waals surface area (Å²) < 4.78 is 19.4. The van der Waals surface area contributed by atoms with E-state index in [0.29, 0.717) is 16.8 Å². The lowest BCUT2D eigenvalue weighted by atomic mass is 10.1. The van der Waals surface area contributed by atoms with E-state index in [4.69, 9.17) is 10.00 Å². The van der Waals surface area contributed by atoms with Gasteiger partial charge in [0.15, 0.2) is 6.61 Å². The Bertz CT molecular complexity index is 682. The van der Waals surface area contributed by atoms with Gasteiger partial charge in [-0.3, -0.25) is 0 Å². The van der Waals surface area contributed by atoms with Gasteiger partial charge in [-0.05, 0) is 46.6 Å². The number of ether oxygens (including phenoxy) is 1. The summed E-state index contributed by atoms with van der Waals surface area (Å²) in [7, 11) is 0. The molecule has 0 atom stereocenters. The summed E-state index contributed by atoms with van der Waals surface area (Å²) in [6.07, 6.45) is 0. The average molecular weight is 349 g/mol. The fourth-order valence-electron chi connectivity index (χ4n) is 1.93. The molecule has 2 rings (SSSR count). The quantitative estimate of drug-likeness (QED) is 0.870. The number of hydrogen-bond acceptors (Lipinski definition) is 3. The second kappa shape index (κ2) is 7.09. The van der Waals surface area contributed by atoms with Gasteiger partial charge in [0.1, 0.15) is 17.6 Å². The summed E-state index contributed by atoms with van der Waals surface area (Å²) in [5.74, 6) is 0.346. The summed E-state index contributed by atoms with van der Waals surface area (Å²) in [5.41, 5.74) is 2.58. The van der Waals surface area contributed by atoms with Crippen LogP contribution >= 0.6 is 15.9 Å². The molecular formula is C16H14BrFN2O. The molecular weight excluding hydrogens is 335 g/mol. The first kappa shape index (κ1) is 15.3. The van der Waals surface area contributed by atoms with Crippen molar-refractivity contribution in [3.63, 3.8) is 0 Å². The lowest BCUT2D eigenvalue weighted by Crippen LogP contribution is -2.05. The molecule has 2 aromatic carbocycles. The normalized spacial score (nSPS) is 10.0. The molecule has 0 spiro atoms. The van der Waals surface area contributed by atoms with Crippen molar-refractivity contribution < 1.29 is 9.13 Å². The van der Waals surface area contributed by atoms with Crippen molar-refractivity contribution in [2.45, 2.75) is 13.5 Å². The van der Waals surface area contributed by atoms with Crippen LogP contribution in [0.25, 0.3) is 0 Å². The minimum atomic E-state index is -0.308.